The predicted octanol–water partition coefficient (Wildman–Crippen LogP) is 6.21. The number of nitrogens with one attached hydrogen (secondary N) is 1. The molecule has 0 radical (unpaired) electrons. The van der Waals surface area contributed by atoms with E-state index in [9.17, 15) is 15.0 Å². The second-order valence-corrected chi connectivity index (χ2v) is 11.6. The van der Waals surface area contributed by atoms with Crippen molar-refractivity contribution in [2.45, 2.75) is 52.6 Å². The Bertz CT molecular complexity index is 1460. The first-order valence-corrected chi connectivity index (χ1v) is 12.9. The van der Waals surface area contributed by atoms with Gasteiger partial charge in [0.15, 0.2) is 5.82 Å². The first-order valence-electron chi connectivity index (χ1n) is 12.1. The third-order valence-electron chi connectivity index (χ3n) is 7.08. The molecule has 3 heterocycles. The number of anilines is 2. The van der Waals surface area contributed by atoms with Gasteiger partial charge in [-0.15, -0.1) is 11.3 Å². The number of fused-ring (bicyclic) bond motifs is 1. The van der Waals surface area contributed by atoms with Gasteiger partial charge in [0.1, 0.15) is 16.1 Å². The van der Waals surface area contributed by atoms with Crippen molar-refractivity contribution < 1.29 is 15.0 Å². The number of thiazole rings is 1. The molecule has 0 aliphatic heterocycles. The van der Waals surface area contributed by atoms with E-state index in [1.807, 2.05) is 45.9 Å². The molecule has 0 saturated heterocycles. The summed E-state index contributed by atoms with van der Waals surface area (Å²) in [5, 5.41) is 26.2. The Labute approximate surface area is 214 Å². The summed E-state index contributed by atoms with van der Waals surface area (Å²) >= 11 is 1.47. The largest absolute Gasteiger partial charge is 0.481 e. The lowest BCUT2D eigenvalue weighted by Crippen LogP contribution is -2.44. The first kappa shape index (κ1) is 24.3. The molecule has 1 aliphatic rings. The zero-order chi connectivity index (χ0) is 25.7. The van der Waals surface area contributed by atoms with Crippen LogP contribution in [0.1, 0.15) is 49.4 Å². The molecule has 0 amide bonds. The summed E-state index contributed by atoms with van der Waals surface area (Å²) in [7, 11) is 0. The van der Waals surface area contributed by atoms with Gasteiger partial charge in [-0.2, -0.15) is 0 Å². The van der Waals surface area contributed by atoms with Crippen molar-refractivity contribution in [3.05, 3.63) is 65.1 Å². The summed E-state index contributed by atoms with van der Waals surface area (Å²) in [5.74, 6) is -0.560. The minimum absolute atomic E-state index is 0.365. The summed E-state index contributed by atoms with van der Waals surface area (Å²) in [6.07, 6.45) is 4.75. The van der Waals surface area contributed by atoms with Crippen LogP contribution < -0.4 is 5.32 Å². The van der Waals surface area contributed by atoms with Crippen LogP contribution in [0.25, 0.3) is 21.3 Å². The highest BCUT2D eigenvalue weighted by Gasteiger charge is 2.49. The smallest absolute Gasteiger partial charge is 0.307 e. The molecule has 1 aliphatic carbocycles. The van der Waals surface area contributed by atoms with Gasteiger partial charge in [0, 0.05) is 29.2 Å². The van der Waals surface area contributed by atoms with Gasteiger partial charge in [-0.3, -0.25) is 9.78 Å². The van der Waals surface area contributed by atoms with Crippen LogP contribution in [0.2, 0.25) is 0 Å². The number of aryl methyl sites for hydroxylation is 2. The van der Waals surface area contributed by atoms with Crippen LogP contribution in [0, 0.1) is 25.2 Å². The summed E-state index contributed by atoms with van der Waals surface area (Å²) < 4.78 is 0. The molecule has 4 aromatic rings. The summed E-state index contributed by atoms with van der Waals surface area (Å²) in [6, 6.07) is 12.2. The van der Waals surface area contributed by atoms with Crippen LogP contribution in [0.4, 0.5) is 11.5 Å². The van der Waals surface area contributed by atoms with Crippen LogP contribution in [-0.4, -0.2) is 31.1 Å². The Balaban J connectivity index is 1.45. The van der Waals surface area contributed by atoms with Crippen LogP contribution in [0.5, 0.6) is 0 Å². The molecular formula is C28H30N4O3S. The molecule has 1 aromatic carbocycles. The fourth-order valence-electron chi connectivity index (χ4n) is 5.44. The molecular weight excluding hydrogens is 472 g/mol. The molecule has 3 N–H and O–H groups in total. The molecule has 2 atom stereocenters. The van der Waals surface area contributed by atoms with E-state index in [0.29, 0.717) is 30.1 Å². The highest BCUT2D eigenvalue weighted by Crippen LogP contribution is 2.51. The molecule has 186 valence electrons. The van der Waals surface area contributed by atoms with E-state index in [0.717, 1.165) is 38.3 Å². The van der Waals surface area contributed by atoms with Crippen molar-refractivity contribution in [1.82, 2.24) is 15.0 Å². The Hall–Kier alpha value is -3.36. The first-order chi connectivity index (χ1) is 17.0. The highest BCUT2D eigenvalue weighted by molar-refractivity contribution is 7.15. The van der Waals surface area contributed by atoms with Gasteiger partial charge >= 0.3 is 5.97 Å². The maximum atomic E-state index is 11.7. The van der Waals surface area contributed by atoms with Gasteiger partial charge < -0.3 is 15.5 Å². The van der Waals surface area contributed by atoms with E-state index in [2.05, 4.69) is 38.5 Å². The van der Waals surface area contributed by atoms with Crippen molar-refractivity contribution in [3.63, 3.8) is 0 Å². The second-order valence-electron chi connectivity index (χ2n) is 10.6. The Morgan fingerprint density at radius 1 is 1.17 bits per heavy atom. The van der Waals surface area contributed by atoms with E-state index in [1.165, 1.54) is 11.3 Å². The van der Waals surface area contributed by atoms with Crippen molar-refractivity contribution in [2.24, 2.45) is 11.3 Å². The quantitative estimate of drug-likeness (QED) is 0.298. The van der Waals surface area contributed by atoms with Gasteiger partial charge in [-0.1, -0.05) is 26.0 Å². The predicted molar refractivity (Wildman–Crippen MR) is 142 cm³/mol. The number of hydrogen-bond donors (Lipinski definition) is 3. The van der Waals surface area contributed by atoms with Gasteiger partial charge in [0.2, 0.25) is 0 Å². The SMILES string of the molecule is Cc1cc(Nc2nc(C)cc3cccnc23)cc(-c2cnc([C@]3(O)CC[C@@H](C(=O)O)C(C)(C)C3)s2)c1. The van der Waals surface area contributed by atoms with Crippen LogP contribution in [0.15, 0.2) is 48.8 Å². The molecule has 3 aromatic heterocycles. The molecule has 36 heavy (non-hydrogen) atoms. The van der Waals surface area contributed by atoms with E-state index in [-0.39, 0.29) is 0 Å². The number of carboxylic acid groups (broad SMARTS) is 1. The van der Waals surface area contributed by atoms with Crippen LogP contribution in [-0.2, 0) is 10.4 Å². The zero-order valence-corrected chi connectivity index (χ0v) is 21.7. The Kier molecular flexibility index (Phi) is 6.04. The van der Waals surface area contributed by atoms with Crippen LogP contribution in [0.3, 0.4) is 0 Å². The average molecular weight is 503 g/mol. The number of aliphatic hydroxyl groups is 1. The fourth-order valence-corrected chi connectivity index (χ4v) is 6.46. The van der Waals surface area contributed by atoms with E-state index < -0.39 is 22.9 Å². The molecule has 7 nitrogen and oxygen atoms in total. The summed E-state index contributed by atoms with van der Waals surface area (Å²) in [4.78, 5) is 26.4. The second kappa shape index (κ2) is 8.94. The Morgan fingerprint density at radius 2 is 1.97 bits per heavy atom. The fraction of sp³-hybridized carbons (Fsp3) is 0.357. The van der Waals surface area contributed by atoms with Crippen molar-refractivity contribution in [1.29, 1.82) is 0 Å². The molecule has 1 fully saturated rings. The van der Waals surface area contributed by atoms with Gasteiger partial charge in [0.25, 0.3) is 0 Å². The molecule has 0 bridgehead atoms. The third-order valence-corrected chi connectivity index (χ3v) is 8.32. The van der Waals surface area contributed by atoms with Crippen molar-refractivity contribution >= 4 is 39.7 Å². The minimum Gasteiger partial charge on any atom is -0.481 e. The topological polar surface area (TPSA) is 108 Å². The number of carbonyl (C=O) groups is 1. The number of aliphatic carboxylic acids is 1. The summed E-state index contributed by atoms with van der Waals surface area (Å²) in [5.41, 5.74) is 3.04. The molecule has 0 spiro atoms. The maximum absolute atomic E-state index is 11.7. The maximum Gasteiger partial charge on any atom is 0.307 e. The van der Waals surface area contributed by atoms with Crippen LogP contribution >= 0.6 is 11.3 Å². The summed E-state index contributed by atoms with van der Waals surface area (Å²) in [6.45, 7) is 7.84. The average Bonchev–Trinajstić information content (AvgIpc) is 3.29. The molecule has 1 saturated carbocycles. The van der Waals surface area contributed by atoms with Crippen molar-refractivity contribution in [3.8, 4) is 10.4 Å². The lowest BCUT2D eigenvalue weighted by molar-refractivity contribution is -0.154. The minimum atomic E-state index is -1.13. The lowest BCUT2D eigenvalue weighted by atomic mass is 9.63. The number of pyridine rings is 2. The number of aromatic nitrogens is 3. The normalized spacial score (nSPS) is 21.4. The number of benzene rings is 1. The zero-order valence-electron chi connectivity index (χ0n) is 20.9. The Morgan fingerprint density at radius 3 is 2.72 bits per heavy atom. The van der Waals surface area contributed by atoms with Gasteiger partial charge in [0.05, 0.1) is 10.8 Å². The third kappa shape index (κ3) is 4.58. The standard InChI is InChI=1S/C28H30N4O3S/c1-16-10-19(13-20(11-16)32-24-23-18(6-5-9-29-23)12-17(2)31-24)22-14-30-26(36-22)28(35)8-7-21(25(33)34)27(3,4)15-28/h5-6,9-14,21,35H,7-8,15H2,1-4H3,(H,31,32)(H,33,34)/t21-,28-/m0/s1. The van der Waals surface area contributed by atoms with E-state index >= 15 is 0 Å². The molecule has 5 rings (SSSR count). The number of nitrogens with zero attached hydrogens (tertiary/aromatic N) is 3. The van der Waals surface area contributed by atoms with Crippen molar-refractivity contribution in [2.75, 3.05) is 5.32 Å². The molecule has 8 heteroatoms. The monoisotopic (exact) mass is 502 g/mol. The number of carboxylic acids is 1. The van der Waals surface area contributed by atoms with Gasteiger partial charge in [-0.25, -0.2) is 9.97 Å². The van der Waals surface area contributed by atoms with Gasteiger partial charge in [-0.05, 0) is 73.9 Å². The van der Waals surface area contributed by atoms with E-state index in [4.69, 9.17) is 0 Å². The lowest BCUT2D eigenvalue weighted by Gasteiger charge is -2.44. The number of hydrogen-bond acceptors (Lipinski definition) is 7. The molecule has 0 unspecified atom stereocenters. The van der Waals surface area contributed by atoms with E-state index in [1.54, 1.807) is 12.4 Å². The number of rotatable bonds is 5. The highest BCUT2D eigenvalue weighted by atomic mass is 32.1.